The minimum absolute atomic E-state index is 0.190. The van der Waals surface area contributed by atoms with E-state index < -0.39 is 5.97 Å². The number of esters is 1. The maximum absolute atomic E-state index is 13.5. The third-order valence-electron chi connectivity index (χ3n) is 5.86. The van der Waals surface area contributed by atoms with Gasteiger partial charge >= 0.3 is 5.97 Å². The topological polar surface area (TPSA) is 73.2 Å². The average Bonchev–Trinajstić information content (AvgIpc) is 3.62. The predicted octanol–water partition coefficient (Wildman–Crippen LogP) is 6.04. The maximum Gasteiger partial charge on any atom is 0.309 e. The van der Waals surface area contributed by atoms with E-state index >= 15 is 0 Å². The zero-order valence-electron chi connectivity index (χ0n) is 19.4. The number of hydrogen-bond donors (Lipinski definition) is 1. The van der Waals surface area contributed by atoms with E-state index in [1.807, 2.05) is 49.4 Å². The Morgan fingerprint density at radius 2 is 1.74 bits per heavy atom. The molecule has 1 fully saturated rings. The van der Waals surface area contributed by atoms with Gasteiger partial charge in [-0.05, 0) is 73.9 Å². The second-order valence-electron chi connectivity index (χ2n) is 8.72. The Kier molecular flexibility index (Phi) is 5.91. The van der Waals surface area contributed by atoms with Crippen LogP contribution in [0.1, 0.15) is 47.3 Å². The van der Waals surface area contributed by atoms with Crippen LogP contribution in [-0.4, -0.2) is 21.7 Å². The van der Waals surface area contributed by atoms with E-state index in [-0.39, 0.29) is 17.6 Å². The van der Waals surface area contributed by atoms with E-state index in [1.54, 1.807) is 22.9 Å². The lowest BCUT2D eigenvalue weighted by molar-refractivity contribution is -0.132. The first-order valence-corrected chi connectivity index (χ1v) is 11.4. The van der Waals surface area contributed by atoms with Crippen LogP contribution in [0.3, 0.4) is 0 Å². The summed E-state index contributed by atoms with van der Waals surface area (Å²) >= 11 is 0. The van der Waals surface area contributed by atoms with Gasteiger partial charge in [-0.25, -0.2) is 4.39 Å². The largest absolute Gasteiger partial charge is 0.407 e. The summed E-state index contributed by atoms with van der Waals surface area (Å²) in [5, 5.41) is 7.68. The van der Waals surface area contributed by atoms with Gasteiger partial charge in [0.15, 0.2) is 0 Å². The molecule has 0 aliphatic heterocycles. The lowest BCUT2D eigenvalue weighted by atomic mass is 10.0. The third-order valence-corrected chi connectivity index (χ3v) is 5.86. The van der Waals surface area contributed by atoms with Crippen LogP contribution < -0.4 is 10.1 Å². The van der Waals surface area contributed by atoms with Crippen molar-refractivity contribution in [2.24, 2.45) is 0 Å². The lowest BCUT2D eigenvalue weighted by Gasteiger charge is -2.10. The first-order valence-electron chi connectivity index (χ1n) is 11.4. The fourth-order valence-corrected chi connectivity index (χ4v) is 4.03. The number of aryl methyl sites for hydroxylation is 1. The molecule has 3 aromatic carbocycles. The summed E-state index contributed by atoms with van der Waals surface area (Å²) in [7, 11) is 0. The second kappa shape index (κ2) is 9.18. The summed E-state index contributed by atoms with van der Waals surface area (Å²) in [5.74, 6) is -0.464. The molecule has 0 spiro atoms. The molecule has 35 heavy (non-hydrogen) atoms. The fraction of sp³-hybridized carbons (Fsp3) is 0.179. The van der Waals surface area contributed by atoms with Crippen LogP contribution in [0.15, 0.2) is 72.8 Å². The first kappa shape index (κ1) is 22.5. The highest BCUT2D eigenvalue weighted by Crippen LogP contribution is 2.48. The van der Waals surface area contributed by atoms with Crippen LogP contribution in [0.4, 0.5) is 10.1 Å². The molecular weight excluding hydrogens is 445 g/mol. The zero-order valence-corrected chi connectivity index (χ0v) is 19.4. The first-order chi connectivity index (χ1) is 16.9. The highest BCUT2D eigenvalue weighted by Gasteiger charge is 2.34. The number of ether oxygens (including phenoxy) is 1. The molecule has 0 radical (unpaired) electrons. The van der Waals surface area contributed by atoms with Crippen molar-refractivity contribution in [3.8, 4) is 22.7 Å². The van der Waals surface area contributed by atoms with Gasteiger partial charge in [-0.3, -0.25) is 9.59 Å². The van der Waals surface area contributed by atoms with Gasteiger partial charge < -0.3 is 10.1 Å². The molecule has 1 N–H and O–H groups in total. The molecule has 1 saturated carbocycles. The van der Waals surface area contributed by atoms with Crippen LogP contribution in [-0.2, 0) is 4.79 Å². The van der Waals surface area contributed by atoms with E-state index in [0.29, 0.717) is 22.8 Å². The molecule has 0 unspecified atom stereocenters. The van der Waals surface area contributed by atoms with Crippen molar-refractivity contribution in [3.63, 3.8) is 0 Å². The van der Waals surface area contributed by atoms with Crippen LogP contribution in [0.2, 0.25) is 0 Å². The van der Waals surface area contributed by atoms with Crippen molar-refractivity contribution >= 4 is 17.6 Å². The molecule has 1 aromatic heterocycles. The summed E-state index contributed by atoms with van der Waals surface area (Å²) in [5.41, 5.74) is 5.21. The molecule has 4 aromatic rings. The number of halogens is 1. The van der Waals surface area contributed by atoms with Crippen LogP contribution >= 0.6 is 0 Å². The highest BCUT2D eigenvalue weighted by atomic mass is 19.1. The van der Waals surface area contributed by atoms with E-state index in [2.05, 4.69) is 5.32 Å². The molecular formula is C28H24FN3O3. The molecule has 5 rings (SSSR count). The molecule has 1 aliphatic carbocycles. The monoisotopic (exact) mass is 469 g/mol. The van der Waals surface area contributed by atoms with Gasteiger partial charge in [-0.15, -0.1) is 0 Å². The standard InChI is InChI=1S/C28H24FN3O3/c1-17-4-3-5-21(16-17)27(34)30-23-12-8-19(9-13-23)25-26(20-6-7-20)31-32(28(25)35-18(2)33)24-14-10-22(29)11-15-24/h3-5,8-16,20H,6-7H2,1-2H3,(H,30,34). The molecule has 0 atom stereocenters. The number of carbonyl (C=O) groups is 2. The summed E-state index contributed by atoms with van der Waals surface area (Å²) in [6, 6.07) is 20.6. The molecule has 0 bridgehead atoms. The maximum atomic E-state index is 13.5. The normalized spacial score (nSPS) is 12.9. The predicted molar refractivity (Wildman–Crippen MR) is 131 cm³/mol. The minimum Gasteiger partial charge on any atom is -0.407 e. The van der Waals surface area contributed by atoms with Crippen molar-refractivity contribution < 1.29 is 18.7 Å². The number of nitrogens with one attached hydrogen (secondary N) is 1. The number of rotatable bonds is 6. The fourth-order valence-electron chi connectivity index (χ4n) is 4.03. The number of carbonyl (C=O) groups excluding carboxylic acids is 2. The summed E-state index contributed by atoms with van der Waals surface area (Å²) in [4.78, 5) is 24.6. The lowest BCUT2D eigenvalue weighted by Crippen LogP contribution is -2.11. The van der Waals surface area contributed by atoms with Gasteiger partial charge in [0.1, 0.15) is 5.82 Å². The van der Waals surface area contributed by atoms with Gasteiger partial charge in [0.25, 0.3) is 5.91 Å². The Labute approximate surface area is 202 Å². The number of amides is 1. The third kappa shape index (κ3) is 4.84. The molecule has 0 saturated heterocycles. The molecule has 1 amide bonds. The van der Waals surface area contributed by atoms with Crippen molar-refractivity contribution in [1.82, 2.24) is 9.78 Å². The molecule has 7 heteroatoms. The number of nitrogens with zero attached hydrogens (tertiary/aromatic N) is 2. The molecule has 1 aliphatic rings. The van der Waals surface area contributed by atoms with Gasteiger partial charge in [-0.1, -0.05) is 29.8 Å². The van der Waals surface area contributed by atoms with Crippen molar-refractivity contribution in [2.45, 2.75) is 32.6 Å². The van der Waals surface area contributed by atoms with E-state index in [4.69, 9.17) is 9.84 Å². The summed E-state index contributed by atoms with van der Waals surface area (Å²) in [6.45, 7) is 3.28. The molecule has 176 valence electrons. The number of benzene rings is 3. The van der Waals surface area contributed by atoms with Gasteiger partial charge in [-0.2, -0.15) is 9.78 Å². The highest BCUT2D eigenvalue weighted by molar-refractivity contribution is 6.04. The minimum atomic E-state index is -0.473. The molecule has 6 nitrogen and oxygen atoms in total. The van der Waals surface area contributed by atoms with Crippen molar-refractivity contribution in [3.05, 3.63) is 95.4 Å². The number of aromatic nitrogens is 2. The van der Waals surface area contributed by atoms with Gasteiger partial charge in [0.05, 0.1) is 16.9 Å². The van der Waals surface area contributed by atoms with Crippen LogP contribution in [0.5, 0.6) is 5.88 Å². The zero-order chi connectivity index (χ0) is 24.5. The smallest absolute Gasteiger partial charge is 0.309 e. The Balaban J connectivity index is 1.51. The summed E-state index contributed by atoms with van der Waals surface area (Å²) < 4.78 is 20.7. The van der Waals surface area contributed by atoms with Crippen molar-refractivity contribution in [1.29, 1.82) is 0 Å². The Hall–Kier alpha value is -4.26. The van der Waals surface area contributed by atoms with Gasteiger partial charge in [0, 0.05) is 24.1 Å². The Morgan fingerprint density at radius 3 is 2.37 bits per heavy atom. The second-order valence-corrected chi connectivity index (χ2v) is 8.72. The Morgan fingerprint density at radius 1 is 1.03 bits per heavy atom. The van der Waals surface area contributed by atoms with Crippen LogP contribution in [0.25, 0.3) is 16.8 Å². The quantitative estimate of drug-likeness (QED) is 0.349. The van der Waals surface area contributed by atoms with Crippen LogP contribution in [0, 0.1) is 12.7 Å². The number of anilines is 1. The van der Waals surface area contributed by atoms with Gasteiger partial charge in [0.2, 0.25) is 5.88 Å². The molecule has 1 heterocycles. The Bertz CT molecular complexity index is 1400. The SMILES string of the molecule is CC(=O)Oc1c(-c2ccc(NC(=O)c3cccc(C)c3)cc2)c(C2CC2)nn1-c1ccc(F)cc1. The van der Waals surface area contributed by atoms with E-state index in [1.165, 1.54) is 19.1 Å². The van der Waals surface area contributed by atoms with Crippen molar-refractivity contribution in [2.75, 3.05) is 5.32 Å². The van der Waals surface area contributed by atoms with E-state index in [0.717, 1.165) is 35.2 Å². The van der Waals surface area contributed by atoms with E-state index in [9.17, 15) is 14.0 Å². The average molecular weight is 470 g/mol. The summed E-state index contributed by atoms with van der Waals surface area (Å²) in [6.07, 6.45) is 2.00. The number of hydrogen-bond acceptors (Lipinski definition) is 4.